The quantitative estimate of drug-likeness (QED) is 0.739. The Kier molecular flexibility index (Phi) is 6.59. The summed E-state index contributed by atoms with van der Waals surface area (Å²) in [5, 5.41) is 2.61. The molecule has 2 aromatic rings. The molecule has 0 aliphatic rings. The summed E-state index contributed by atoms with van der Waals surface area (Å²) in [4.78, 5) is 24.0. The van der Waals surface area contributed by atoms with Gasteiger partial charge in [-0.15, -0.1) is 0 Å². The normalized spacial score (nSPS) is 11.3. The van der Waals surface area contributed by atoms with Crippen LogP contribution in [0.4, 0.5) is 5.69 Å². The molecular weight excluding hydrogens is 392 g/mol. The van der Waals surface area contributed by atoms with Crippen LogP contribution >= 0.6 is 11.6 Å². The van der Waals surface area contributed by atoms with Crippen LogP contribution in [0.2, 0.25) is 5.02 Å². The van der Waals surface area contributed by atoms with Crippen molar-refractivity contribution >= 4 is 39.2 Å². The van der Waals surface area contributed by atoms with Gasteiger partial charge in [0.15, 0.2) is 6.61 Å². The van der Waals surface area contributed by atoms with E-state index in [4.69, 9.17) is 16.3 Å². The van der Waals surface area contributed by atoms with Crippen LogP contribution in [0.5, 0.6) is 0 Å². The van der Waals surface area contributed by atoms with Crippen molar-refractivity contribution in [2.75, 3.05) is 26.0 Å². The summed E-state index contributed by atoms with van der Waals surface area (Å²) in [6, 6.07) is 10.8. The number of amides is 1. The lowest BCUT2D eigenvalue weighted by molar-refractivity contribution is -0.119. The number of anilines is 1. The first-order chi connectivity index (χ1) is 12.6. The van der Waals surface area contributed by atoms with Gasteiger partial charge in [0.25, 0.3) is 5.91 Å². The second-order valence-electron chi connectivity index (χ2n) is 5.92. The summed E-state index contributed by atoms with van der Waals surface area (Å²) in [7, 11) is -0.993. The van der Waals surface area contributed by atoms with Crippen LogP contribution < -0.4 is 5.32 Å². The van der Waals surface area contributed by atoms with Crippen molar-refractivity contribution in [2.24, 2.45) is 0 Å². The van der Waals surface area contributed by atoms with E-state index in [1.165, 1.54) is 26.2 Å². The van der Waals surface area contributed by atoms with Crippen LogP contribution in [0.25, 0.3) is 0 Å². The molecule has 0 saturated heterocycles. The van der Waals surface area contributed by atoms with E-state index >= 15 is 0 Å². The number of sulfonamides is 1. The minimum atomic E-state index is -3.74. The largest absolute Gasteiger partial charge is 0.452 e. The highest BCUT2D eigenvalue weighted by molar-refractivity contribution is 7.89. The molecule has 0 spiro atoms. The van der Waals surface area contributed by atoms with Gasteiger partial charge in [0.2, 0.25) is 10.0 Å². The van der Waals surface area contributed by atoms with E-state index in [1.807, 2.05) is 19.1 Å². The number of rotatable bonds is 6. The summed E-state index contributed by atoms with van der Waals surface area (Å²) in [6.45, 7) is 1.38. The van der Waals surface area contributed by atoms with Gasteiger partial charge in [-0.3, -0.25) is 4.79 Å². The maximum atomic E-state index is 12.2. The molecule has 7 nitrogen and oxygen atoms in total. The number of halogens is 1. The Morgan fingerprint density at radius 1 is 1.11 bits per heavy atom. The van der Waals surface area contributed by atoms with Crippen molar-refractivity contribution in [1.82, 2.24) is 4.31 Å². The zero-order valence-corrected chi connectivity index (χ0v) is 16.6. The fraction of sp³-hybridized carbons (Fsp3) is 0.222. The third-order valence-electron chi connectivity index (χ3n) is 3.61. The highest BCUT2D eigenvalue weighted by Crippen LogP contribution is 2.23. The Morgan fingerprint density at radius 2 is 1.74 bits per heavy atom. The number of carbonyl (C=O) groups excluding carboxylic acids is 2. The zero-order chi connectivity index (χ0) is 20.2. The first kappa shape index (κ1) is 20.9. The van der Waals surface area contributed by atoms with E-state index in [2.05, 4.69) is 5.32 Å². The van der Waals surface area contributed by atoms with Crippen LogP contribution in [0, 0.1) is 6.92 Å². The van der Waals surface area contributed by atoms with Crippen molar-refractivity contribution in [2.45, 2.75) is 11.8 Å². The number of carbonyl (C=O) groups is 2. The van der Waals surface area contributed by atoms with Gasteiger partial charge in [0, 0.05) is 19.8 Å². The SMILES string of the molecule is Cc1ccc(NC(=O)COC(=O)c2cc(S(=O)(=O)N(C)C)ccc2Cl)cc1. The highest BCUT2D eigenvalue weighted by atomic mass is 35.5. The molecule has 1 N–H and O–H groups in total. The van der Waals surface area contributed by atoms with Gasteiger partial charge in [-0.2, -0.15) is 0 Å². The monoisotopic (exact) mass is 410 g/mol. The number of hydrogen-bond acceptors (Lipinski definition) is 5. The third-order valence-corrected chi connectivity index (χ3v) is 5.75. The van der Waals surface area contributed by atoms with Gasteiger partial charge in [-0.1, -0.05) is 29.3 Å². The highest BCUT2D eigenvalue weighted by Gasteiger charge is 2.21. The number of ether oxygens (including phenoxy) is 1. The summed E-state index contributed by atoms with van der Waals surface area (Å²) in [6.07, 6.45) is 0. The molecule has 0 fully saturated rings. The molecule has 0 bridgehead atoms. The first-order valence-electron chi connectivity index (χ1n) is 7.87. The van der Waals surface area contributed by atoms with Gasteiger partial charge in [0.1, 0.15) is 0 Å². The number of nitrogens with zero attached hydrogens (tertiary/aromatic N) is 1. The molecule has 9 heteroatoms. The Hall–Kier alpha value is -2.42. The van der Waals surface area contributed by atoms with E-state index in [0.29, 0.717) is 5.69 Å². The third kappa shape index (κ3) is 5.29. The number of hydrogen-bond donors (Lipinski definition) is 1. The molecule has 0 radical (unpaired) electrons. The molecule has 1 amide bonds. The molecule has 144 valence electrons. The Labute approximate surface area is 162 Å². The van der Waals surface area contributed by atoms with Crippen molar-refractivity contribution in [1.29, 1.82) is 0 Å². The molecule has 2 aromatic carbocycles. The van der Waals surface area contributed by atoms with Gasteiger partial charge in [0.05, 0.1) is 15.5 Å². The Bertz CT molecular complexity index is 956. The van der Waals surface area contributed by atoms with Crippen molar-refractivity contribution in [3.8, 4) is 0 Å². The van der Waals surface area contributed by atoms with Gasteiger partial charge >= 0.3 is 5.97 Å². The summed E-state index contributed by atoms with van der Waals surface area (Å²) < 4.78 is 30.3. The summed E-state index contributed by atoms with van der Waals surface area (Å²) >= 11 is 5.97. The number of aryl methyl sites for hydroxylation is 1. The van der Waals surface area contributed by atoms with Crippen LogP contribution in [0.1, 0.15) is 15.9 Å². The minimum Gasteiger partial charge on any atom is -0.452 e. The van der Waals surface area contributed by atoms with Crippen LogP contribution in [0.15, 0.2) is 47.4 Å². The summed E-state index contributed by atoms with van der Waals surface area (Å²) in [5.74, 6) is -1.42. The molecule has 2 rings (SSSR count). The van der Waals surface area contributed by atoms with Gasteiger partial charge < -0.3 is 10.1 Å². The predicted molar refractivity (Wildman–Crippen MR) is 102 cm³/mol. The average Bonchev–Trinajstić information content (AvgIpc) is 2.61. The van der Waals surface area contributed by atoms with Crippen molar-refractivity contribution in [3.05, 3.63) is 58.6 Å². The van der Waals surface area contributed by atoms with E-state index in [-0.39, 0.29) is 15.5 Å². The van der Waals surface area contributed by atoms with Crippen LogP contribution in [-0.2, 0) is 19.6 Å². The standard InChI is InChI=1S/C18H19ClN2O5S/c1-12-4-6-13(7-5-12)20-17(22)11-26-18(23)15-10-14(8-9-16(15)19)27(24,25)21(2)3/h4-10H,11H2,1-3H3,(H,20,22). The van der Waals surface area contributed by atoms with E-state index in [1.54, 1.807) is 12.1 Å². The fourth-order valence-corrected chi connectivity index (χ4v) is 3.20. The maximum Gasteiger partial charge on any atom is 0.340 e. The molecule has 0 aromatic heterocycles. The topological polar surface area (TPSA) is 92.8 Å². The van der Waals surface area contributed by atoms with Gasteiger partial charge in [-0.05, 0) is 37.3 Å². The average molecular weight is 411 g/mol. The molecule has 0 aliphatic heterocycles. The number of benzene rings is 2. The van der Waals surface area contributed by atoms with Crippen LogP contribution in [0.3, 0.4) is 0 Å². The molecule has 0 aliphatic carbocycles. The smallest absolute Gasteiger partial charge is 0.340 e. The lowest BCUT2D eigenvalue weighted by Gasteiger charge is -2.13. The molecule has 0 unspecified atom stereocenters. The lowest BCUT2D eigenvalue weighted by Crippen LogP contribution is -2.23. The first-order valence-corrected chi connectivity index (χ1v) is 9.69. The minimum absolute atomic E-state index is 0.0247. The molecule has 0 heterocycles. The number of nitrogens with one attached hydrogen (secondary N) is 1. The summed E-state index contributed by atoms with van der Waals surface area (Å²) in [5.41, 5.74) is 1.48. The second-order valence-corrected chi connectivity index (χ2v) is 8.48. The lowest BCUT2D eigenvalue weighted by atomic mass is 10.2. The zero-order valence-electron chi connectivity index (χ0n) is 15.0. The number of esters is 1. The molecular formula is C18H19ClN2O5S. The molecule has 0 saturated carbocycles. The van der Waals surface area contributed by atoms with E-state index < -0.39 is 28.5 Å². The Balaban J connectivity index is 2.07. The van der Waals surface area contributed by atoms with Crippen molar-refractivity contribution < 1.29 is 22.7 Å². The van der Waals surface area contributed by atoms with Crippen molar-refractivity contribution in [3.63, 3.8) is 0 Å². The van der Waals surface area contributed by atoms with E-state index in [9.17, 15) is 18.0 Å². The second kappa shape index (κ2) is 8.51. The molecule has 27 heavy (non-hydrogen) atoms. The van der Waals surface area contributed by atoms with E-state index in [0.717, 1.165) is 15.9 Å². The molecule has 0 atom stereocenters. The Morgan fingerprint density at radius 3 is 2.33 bits per heavy atom. The van der Waals surface area contributed by atoms with Gasteiger partial charge in [-0.25, -0.2) is 17.5 Å². The fourth-order valence-electron chi connectivity index (χ4n) is 2.07. The predicted octanol–water partition coefficient (Wildman–Crippen LogP) is 2.69. The maximum absolute atomic E-state index is 12.2. The van der Waals surface area contributed by atoms with Crippen LogP contribution in [-0.4, -0.2) is 45.3 Å².